The molecule has 1 fully saturated rings. The molecule has 1 aliphatic heterocycles. The summed E-state index contributed by atoms with van der Waals surface area (Å²) in [5.41, 5.74) is 1.12. The van der Waals surface area contributed by atoms with Crippen LogP contribution in [0.5, 0.6) is 5.75 Å². The first-order valence-electron chi connectivity index (χ1n) is 8.52. The van der Waals surface area contributed by atoms with Crippen LogP contribution in [0.2, 0.25) is 0 Å². The van der Waals surface area contributed by atoms with Crippen molar-refractivity contribution in [3.63, 3.8) is 0 Å². The fourth-order valence-corrected chi connectivity index (χ4v) is 3.38. The highest BCUT2D eigenvalue weighted by Gasteiger charge is 2.12. The third-order valence-electron chi connectivity index (χ3n) is 4.22. The minimum atomic E-state index is -0.251. The number of benzene rings is 1. The summed E-state index contributed by atoms with van der Waals surface area (Å²) in [5, 5.41) is 2.81. The van der Waals surface area contributed by atoms with Gasteiger partial charge in [0.15, 0.2) is 6.39 Å². The maximum Gasteiger partial charge on any atom is 0.288 e. The average molecular weight is 408 g/mol. The lowest BCUT2D eigenvalue weighted by atomic mass is 10.1. The normalized spacial score (nSPS) is 14.6. The van der Waals surface area contributed by atoms with Gasteiger partial charge in [-0.3, -0.25) is 9.69 Å². The maximum absolute atomic E-state index is 11.8. The number of aromatic nitrogens is 1. The molecule has 0 unspecified atom stereocenters. The predicted molar refractivity (Wildman–Crippen MR) is 97.9 cm³/mol. The highest BCUT2D eigenvalue weighted by atomic mass is 79.9. The molecule has 7 heteroatoms. The van der Waals surface area contributed by atoms with E-state index in [1.54, 1.807) is 0 Å². The SMILES string of the molecule is O=C(NCCc1ccc(OCCN2CCCC2)c(Br)c1)c1cnco1. The molecule has 2 aromatic rings. The smallest absolute Gasteiger partial charge is 0.288 e. The second kappa shape index (κ2) is 9.01. The molecule has 1 aromatic carbocycles. The molecular formula is C18H22BrN3O3. The molecule has 6 nitrogen and oxygen atoms in total. The second-order valence-electron chi connectivity index (χ2n) is 6.03. The van der Waals surface area contributed by atoms with Crippen LogP contribution >= 0.6 is 15.9 Å². The number of hydrogen-bond donors (Lipinski definition) is 1. The third-order valence-corrected chi connectivity index (χ3v) is 4.84. The van der Waals surface area contributed by atoms with Crippen molar-refractivity contribution in [2.24, 2.45) is 0 Å². The predicted octanol–water partition coefficient (Wildman–Crippen LogP) is 2.88. The van der Waals surface area contributed by atoms with Crippen molar-refractivity contribution >= 4 is 21.8 Å². The summed E-state index contributed by atoms with van der Waals surface area (Å²) in [6.45, 7) is 4.57. The third kappa shape index (κ3) is 5.31. The van der Waals surface area contributed by atoms with Gasteiger partial charge < -0.3 is 14.5 Å². The largest absolute Gasteiger partial charge is 0.491 e. The monoisotopic (exact) mass is 407 g/mol. The lowest BCUT2D eigenvalue weighted by molar-refractivity contribution is 0.0926. The molecule has 134 valence electrons. The number of hydrogen-bond acceptors (Lipinski definition) is 5. The Hall–Kier alpha value is -1.86. The van der Waals surface area contributed by atoms with Gasteiger partial charge in [-0.25, -0.2) is 4.98 Å². The number of ether oxygens (including phenoxy) is 1. The van der Waals surface area contributed by atoms with Gasteiger partial charge in [0.2, 0.25) is 5.76 Å². The Kier molecular flexibility index (Phi) is 6.47. The number of amides is 1. The highest BCUT2D eigenvalue weighted by Crippen LogP contribution is 2.26. The molecule has 0 bridgehead atoms. The van der Waals surface area contributed by atoms with E-state index in [0.29, 0.717) is 13.2 Å². The molecule has 0 saturated carbocycles. The van der Waals surface area contributed by atoms with Crippen LogP contribution in [-0.4, -0.2) is 48.6 Å². The Morgan fingerprint density at radius 3 is 2.92 bits per heavy atom. The summed E-state index contributed by atoms with van der Waals surface area (Å²) >= 11 is 3.56. The summed E-state index contributed by atoms with van der Waals surface area (Å²) < 4.78 is 11.8. The van der Waals surface area contributed by atoms with Gasteiger partial charge in [-0.15, -0.1) is 0 Å². The van der Waals surface area contributed by atoms with Crippen LogP contribution < -0.4 is 10.1 Å². The Morgan fingerprint density at radius 2 is 2.20 bits per heavy atom. The van der Waals surface area contributed by atoms with Crippen LogP contribution in [0.15, 0.2) is 39.7 Å². The van der Waals surface area contributed by atoms with E-state index in [-0.39, 0.29) is 11.7 Å². The molecule has 3 rings (SSSR count). The van der Waals surface area contributed by atoms with Gasteiger partial charge in [0, 0.05) is 13.1 Å². The minimum absolute atomic E-state index is 0.225. The number of halogens is 1. The molecule has 1 aromatic heterocycles. The van der Waals surface area contributed by atoms with Crippen LogP contribution in [-0.2, 0) is 6.42 Å². The van der Waals surface area contributed by atoms with Gasteiger partial charge in [0.25, 0.3) is 5.91 Å². The second-order valence-corrected chi connectivity index (χ2v) is 6.89. The molecule has 0 spiro atoms. The molecule has 0 aliphatic carbocycles. The molecular weight excluding hydrogens is 386 g/mol. The van der Waals surface area contributed by atoms with Crippen molar-refractivity contribution in [1.82, 2.24) is 15.2 Å². The number of nitrogens with one attached hydrogen (secondary N) is 1. The lowest BCUT2D eigenvalue weighted by Crippen LogP contribution is -2.25. The summed E-state index contributed by atoms with van der Waals surface area (Å²) in [5.74, 6) is 0.829. The van der Waals surface area contributed by atoms with Crippen molar-refractivity contribution in [3.05, 3.63) is 46.6 Å². The first kappa shape index (κ1) is 17.9. The Morgan fingerprint density at radius 1 is 1.36 bits per heavy atom. The first-order chi connectivity index (χ1) is 12.2. The van der Waals surface area contributed by atoms with Gasteiger partial charge in [-0.1, -0.05) is 6.07 Å². The standard InChI is InChI=1S/C18H22BrN3O3/c19-15-11-14(5-6-21-18(23)17-12-20-13-25-17)3-4-16(15)24-10-9-22-7-1-2-8-22/h3-4,11-13H,1-2,5-10H2,(H,21,23). The van der Waals surface area contributed by atoms with Gasteiger partial charge in [0.1, 0.15) is 12.4 Å². The molecule has 1 aliphatic rings. The van der Waals surface area contributed by atoms with E-state index >= 15 is 0 Å². The summed E-state index contributed by atoms with van der Waals surface area (Å²) in [4.78, 5) is 17.9. The van der Waals surface area contributed by atoms with Crippen molar-refractivity contribution in [3.8, 4) is 5.75 Å². The zero-order valence-electron chi connectivity index (χ0n) is 14.0. The number of oxazole rings is 1. The van der Waals surface area contributed by atoms with Crippen molar-refractivity contribution in [1.29, 1.82) is 0 Å². The number of rotatable bonds is 8. The van der Waals surface area contributed by atoms with Gasteiger partial charge in [0.05, 0.1) is 10.7 Å². The maximum atomic E-state index is 11.8. The fourth-order valence-electron chi connectivity index (χ4n) is 2.84. The zero-order chi connectivity index (χ0) is 17.5. The van der Waals surface area contributed by atoms with Crippen molar-refractivity contribution in [2.45, 2.75) is 19.3 Å². The summed E-state index contributed by atoms with van der Waals surface area (Å²) in [6.07, 6.45) is 5.97. The summed E-state index contributed by atoms with van der Waals surface area (Å²) in [7, 11) is 0. The van der Waals surface area contributed by atoms with Crippen LogP contribution in [0.25, 0.3) is 0 Å². The molecule has 1 N–H and O–H groups in total. The quantitative estimate of drug-likeness (QED) is 0.728. The highest BCUT2D eigenvalue weighted by molar-refractivity contribution is 9.10. The Labute approximate surface area is 155 Å². The first-order valence-corrected chi connectivity index (χ1v) is 9.32. The van der Waals surface area contributed by atoms with Crippen LogP contribution in [0.1, 0.15) is 29.0 Å². The average Bonchev–Trinajstić information content (AvgIpc) is 3.30. The molecule has 25 heavy (non-hydrogen) atoms. The van der Waals surface area contributed by atoms with E-state index in [4.69, 9.17) is 9.15 Å². The minimum Gasteiger partial charge on any atom is -0.491 e. The van der Waals surface area contributed by atoms with E-state index in [9.17, 15) is 4.79 Å². The van der Waals surface area contributed by atoms with E-state index in [1.165, 1.54) is 38.5 Å². The van der Waals surface area contributed by atoms with Gasteiger partial charge >= 0.3 is 0 Å². The molecule has 0 radical (unpaired) electrons. The Bertz CT molecular complexity index is 685. The number of carbonyl (C=O) groups excluding carboxylic acids is 1. The fraction of sp³-hybridized carbons (Fsp3) is 0.444. The Balaban J connectivity index is 1.42. The van der Waals surface area contributed by atoms with E-state index in [1.807, 2.05) is 18.2 Å². The van der Waals surface area contributed by atoms with Crippen molar-refractivity contribution < 1.29 is 13.9 Å². The number of likely N-dealkylation sites (tertiary alicyclic amines) is 1. The zero-order valence-corrected chi connectivity index (χ0v) is 15.6. The van der Waals surface area contributed by atoms with Crippen LogP contribution in [0.4, 0.5) is 0 Å². The van der Waals surface area contributed by atoms with Crippen molar-refractivity contribution in [2.75, 3.05) is 32.8 Å². The van der Waals surface area contributed by atoms with Gasteiger partial charge in [-0.2, -0.15) is 0 Å². The van der Waals surface area contributed by atoms with E-state index in [0.717, 1.165) is 28.8 Å². The molecule has 1 saturated heterocycles. The number of carbonyl (C=O) groups is 1. The van der Waals surface area contributed by atoms with E-state index in [2.05, 4.69) is 31.1 Å². The summed E-state index contributed by atoms with van der Waals surface area (Å²) in [6, 6.07) is 6.03. The molecule has 2 heterocycles. The molecule has 0 atom stereocenters. The van der Waals surface area contributed by atoms with Crippen LogP contribution in [0, 0.1) is 0 Å². The topological polar surface area (TPSA) is 67.6 Å². The van der Waals surface area contributed by atoms with Crippen LogP contribution in [0.3, 0.4) is 0 Å². The number of nitrogens with zero attached hydrogens (tertiary/aromatic N) is 2. The van der Waals surface area contributed by atoms with Gasteiger partial charge in [-0.05, 0) is 66.0 Å². The molecule has 1 amide bonds. The lowest BCUT2D eigenvalue weighted by Gasteiger charge is -2.15. The van der Waals surface area contributed by atoms with E-state index < -0.39 is 0 Å².